The van der Waals surface area contributed by atoms with E-state index in [1.54, 1.807) is 0 Å². The molecule has 2 rings (SSSR count). The van der Waals surface area contributed by atoms with E-state index in [1.807, 2.05) is 0 Å². The third-order valence-electron chi connectivity index (χ3n) is 3.07. The zero-order chi connectivity index (χ0) is 13.3. The molecule has 0 saturated heterocycles. The van der Waals surface area contributed by atoms with Crippen molar-refractivity contribution in [1.82, 2.24) is 0 Å². The van der Waals surface area contributed by atoms with Gasteiger partial charge in [-0.15, -0.1) is 0 Å². The van der Waals surface area contributed by atoms with Crippen LogP contribution in [0.1, 0.15) is 18.4 Å². The fourth-order valence-electron chi connectivity index (χ4n) is 1.97. The van der Waals surface area contributed by atoms with Crippen LogP contribution in [0.2, 0.25) is 0 Å². The molecule has 1 aromatic carbocycles. The Morgan fingerprint density at radius 2 is 2.00 bits per heavy atom. The summed E-state index contributed by atoms with van der Waals surface area (Å²) >= 11 is 3.15. The molecule has 0 aliphatic heterocycles. The Balaban J connectivity index is 2.14. The van der Waals surface area contributed by atoms with E-state index in [-0.39, 0.29) is 11.9 Å². The number of hydrogen-bond acceptors (Lipinski definition) is 2. The molecule has 100 valence electrons. The molecule has 1 saturated carbocycles. The molecule has 0 amide bonds. The average molecular weight is 324 g/mol. The van der Waals surface area contributed by atoms with E-state index in [1.165, 1.54) is 12.1 Å². The monoisotopic (exact) mass is 323 g/mol. The first-order chi connectivity index (χ1) is 8.40. The van der Waals surface area contributed by atoms with Crippen molar-refractivity contribution >= 4 is 15.9 Å². The number of ether oxygens (including phenoxy) is 1. The van der Waals surface area contributed by atoms with Gasteiger partial charge >= 0.3 is 6.18 Å². The molecule has 18 heavy (non-hydrogen) atoms. The lowest BCUT2D eigenvalue weighted by molar-refractivity contribution is -0.139. The van der Waals surface area contributed by atoms with E-state index in [0.29, 0.717) is 16.9 Å². The molecular formula is C12H13BrF3NO. The van der Waals surface area contributed by atoms with Gasteiger partial charge in [0.25, 0.3) is 0 Å². The summed E-state index contributed by atoms with van der Waals surface area (Å²) in [6.07, 6.45) is -3.11. The van der Waals surface area contributed by atoms with Crippen LogP contribution >= 0.6 is 15.9 Å². The minimum absolute atomic E-state index is 0.114. The van der Waals surface area contributed by atoms with E-state index in [4.69, 9.17) is 10.5 Å². The Morgan fingerprint density at radius 1 is 1.33 bits per heavy atom. The van der Waals surface area contributed by atoms with Crippen LogP contribution in [0.3, 0.4) is 0 Å². The number of hydrogen-bond donors (Lipinski definition) is 1. The van der Waals surface area contributed by atoms with Crippen molar-refractivity contribution in [3.63, 3.8) is 0 Å². The Kier molecular flexibility index (Phi) is 3.87. The zero-order valence-corrected chi connectivity index (χ0v) is 11.1. The number of rotatable bonds is 3. The van der Waals surface area contributed by atoms with Crippen molar-refractivity contribution in [1.29, 1.82) is 0 Å². The molecule has 0 aromatic heterocycles. The standard InChI is InChI=1S/C12H13BrF3NO/c13-8-1-2-10(12(14,15)16)11(5-8)18-9-3-7(4-9)6-17/h1-2,5,7,9H,3-4,6,17H2. The number of alkyl halides is 3. The highest BCUT2D eigenvalue weighted by Gasteiger charge is 2.36. The molecule has 0 spiro atoms. The van der Waals surface area contributed by atoms with Gasteiger partial charge < -0.3 is 10.5 Å². The van der Waals surface area contributed by atoms with E-state index in [9.17, 15) is 13.2 Å². The van der Waals surface area contributed by atoms with E-state index in [0.717, 1.165) is 18.9 Å². The van der Waals surface area contributed by atoms with Gasteiger partial charge in [0.15, 0.2) is 0 Å². The van der Waals surface area contributed by atoms with Crippen LogP contribution in [0.25, 0.3) is 0 Å². The predicted octanol–water partition coefficient (Wildman–Crippen LogP) is 3.58. The molecule has 1 aliphatic carbocycles. The average Bonchev–Trinajstić information content (AvgIpc) is 2.21. The third kappa shape index (κ3) is 2.98. The summed E-state index contributed by atoms with van der Waals surface area (Å²) in [6.45, 7) is 0.560. The topological polar surface area (TPSA) is 35.2 Å². The number of benzene rings is 1. The Labute approximate surface area is 111 Å². The molecule has 0 bridgehead atoms. The fourth-order valence-corrected chi connectivity index (χ4v) is 2.31. The molecule has 1 aromatic rings. The maximum atomic E-state index is 12.8. The highest BCUT2D eigenvalue weighted by Crippen LogP contribution is 2.40. The summed E-state index contributed by atoms with van der Waals surface area (Å²) in [7, 11) is 0. The van der Waals surface area contributed by atoms with Gasteiger partial charge in [0.2, 0.25) is 0 Å². The quantitative estimate of drug-likeness (QED) is 0.922. The number of halogens is 4. The van der Waals surface area contributed by atoms with Gasteiger partial charge in [-0.1, -0.05) is 15.9 Å². The summed E-state index contributed by atoms with van der Waals surface area (Å²) in [5.74, 6) is 0.258. The smallest absolute Gasteiger partial charge is 0.419 e. The summed E-state index contributed by atoms with van der Waals surface area (Å²) in [5.41, 5.74) is 4.74. The summed E-state index contributed by atoms with van der Waals surface area (Å²) in [4.78, 5) is 0. The lowest BCUT2D eigenvalue weighted by Gasteiger charge is -2.35. The first kappa shape index (κ1) is 13.7. The van der Waals surface area contributed by atoms with E-state index in [2.05, 4.69) is 15.9 Å². The van der Waals surface area contributed by atoms with Crippen molar-refractivity contribution in [3.05, 3.63) is 28.2 Å². The minimum Gasteiger partial charge on any atom is -0.490 e. The summed E-state index contributed by atoms with van der Waals surface area (Å²) < 4.78 is 44.3. The van der Waals surface area contributed by atoms with Gasteiger partial charge in [0.05, 0.1) is 11.7 Å². The molecule has 1 aliphatic rings. The SMILES string of the molecule is NCC1CC(Oc2cc(Br)ccc2C(F)(F)F)C1. The van der Waals surface area contributed by atoms with Crippen LogP contribution in [-0.2, 0) is 6.18 Å². The second-order valence-corrected chi connectivity index (χ2v) is 5.37. The van der Waals surface area contributed by atoms with Crippen LogP contribution in [0.5, 0.6) is 5.75 Å². The lowest BCUT2D eigenvalue weighted by Crippen LogP contribution is -2.38. The van der Waals surface area contributed by atoms with Crippen molar-refractivity contribution < 1.29 is 17.9 Å². The molecule has 0 unspecified atom stereocenters. The van der Waals surface area contributed by atoms with Crippen molar-refractivity contribution in [2.24, 2.45) is 11.7 Å². The predicted molar refractivity (Wildman–Crippen MR) is 65.3 cm³/mol. The molecule has 1 fully saturated rings. The van der Waals surface area contributed by atoms with Gasteiger partial charge in [-0.3, -0.25) is 0 Å². The second-order valence-electron chi connectivity index (χ2n) is 4.45. The van der Waals surface area contributed by atoms with E-state index >= 15 is 0 Å². The van der Waals surface area contributed by atoms with Crippen molar-refractivity contribution in [2.75, 3.05) is 6.54 Å². The summed E-state index contributed by atoms with van der Waals surface area (Å²) in [5, 5.41) is 0. The first-order valence-corrected chi connectivity index (χ1v) is 6.43. The van der Waals surface area contributed by atoms with Crippen molar-refractivity contribution in [2.45, 2.75) is 25.1 Å². The van der Waals surface area contributed by atoms with Crippen LogP contribution in [0, 0.1) is 5.92 Å². The van der Waals surface area contributed by atoms with Gasteiger partial charge in [-0.05, 0) is 43.5 Å². The van der Waals surface area contributed by atoms with Crippen LogP contribution in [-0.4, -0.2) is 12.6 Å². The maximum absolute atomic E-state index is 12.8. The zero-order valence-electron chi connectivity index (χ0n) is 9.51. The van der Waals surface area contributed by atoms with Gasteiger partial charge in [-0.2, -0.15) is 13.2 Å². The largest absolute Gasteiger partial charge is 0.490 e. The lowest BCUT2D eigenvalue weighted by atomic mass is 9.82. The fraction of sp³-hybridized carbons (Fsp3) is 0.500. The molecule has 0 radical (unpaired) electrons. The first-order valence-electron chi connectivity index (χ1n) is 5.63. The third-order valence-corrected chi connectivity index (χ3v) is 3.56. The van der Waals surface area contributed by atoms with Crippen LogP contribution in [0.15, 0.2) is 22.7 Å². The van der Waals surface area contributed by atoms with Gasteiger partial charge in [0, 0.05) is 4.47 Å². The van der Waals surface area contributed by atoms with Crippen molar-refractivity contribution in [3.8, 4) is 5.75 Å². The van der Waals surface area contributed by atoms with Crippen LogP contribution < -0.4 is 10.5 Å². The Morgan fingerprint density at radius 3 is 2.56 bits per heavy atom. The van der Waals surface area contributed by atoms with Gasteiger partial charge in [-0.25, -0.2) is 0 Å². The van der Waals surface area contributed by atoms with Gasteiger partial charge in [0.1, 0.15) is 5.75 Å². The number of nitrogens with two attached hydrogens (primary N) is 1. The highest BCUT2D eigenvalue weighted by molar-refractivity contribution is 9.10. The van der Waals surface area contributed by atoms with Crippen LogP contribution in [0.4, 0.5) is 13.2 Å². The Hall–Kier alpha value is -0.750. The van der Waals surface area contributed by atoms with E-state index < -0.39 is 11.7 Å². The normalized spacial score (nSPS) is 23.6. The Bertz CT molecular complexity index is 430. The molecule has 6 heteroatoms. The molecule has 2 nitrogen and oxygen atoms in total. The molecule has 0 atom stereocenters. The molecular weight excluding hydrogens is 311 g/mol. The summed E-state index contributed by atoms with van der Waals surface area (Å²) in [6, 6.07) is 3.75. The highest BCUT2D eigenvalue weighted by atomic mass is 79.9. The minimum atomic E-state index is -4.40. The maximum Gasteiger partial charge on any atom is 0.419 e. The second kappa shape index (κ2) is 5.09. The molecule has 2 N–H and O–H groups in total. The molecule has 0 heterocycles.